The van der Waals surface area contributed by atoms with E-state index in [0.29, 0.717) is 0 Å². The number of fused-ring (bicyclic) bond motifs is 1. The van der Waals surface area contributed by atoms with Gasteiger partial charge in [0, 0.05) is 8.41 Å². The quantitative estimate of drug-likeness (QED) is 0.844. The maximum Gasteiger partial charge on any atom is 0.231 e. The molecule has 0 radical (unpaired) electrons. The highest BCUT2D eigenvalue weighted by Crippen LogP contribution is 2.34. The summed E-state index contributed by atoms with van der Waals surface area (Å²) in [5, 5.41) is 0. The van der Waals surface area contributed by atoms with Crippen LogP contribution in [-0.2, 0) is 16.6 Å². The highest BCUT2D eigenvalue weighted by Gasteiger charge is 2.33. The molecule has 1 atom stereocenters. The molecular weight excluding hydrogens is 250 g/mol. The molecule has 1 aromatic rings. The lowest BCUT2D eigenvalue weighted by atomic mass is 9.80. The minimum atomic E-state index is -0.662. The third-order valence-corrected chi connectivity index (χ3v) is 4.86. The first-order chi connectivity index (χ1) is 8.84. The number of benzene rings is 1. The molecule has 1 amide bonds. The van der Waals surface area contributed by atoms with Crippen molar-refractivity contribution in [1.29, 1.82) is 0 Å². The molecule has 3 heteroatoms. The Morgan fingerprint density at radius 2 is 2.11 bits per heavy atom. The number of carbonyl (C=O) groups is 1. The van der Waals surface area contributed by atoms with Crippen molar-refractivity contribution in [2.24, 2.45) is 5.73 Å². The molecule has 100 valence electrons. The second kappa shape index (κ2) is 4.89. The summed E-state index contributed by atoms with van der Waals surface area (Å²) in [5.41, 5.74) is 12.1. The summed E-state index contributed by atoms with van der Waals surface area (Å²) >= 11 is 0. The Hall–Kier alpha value is -1.48. The zero-order valence-electron chi connectivity index (χ0n) is 12.1. The summed E-state index contributed by atoms with van der Waals surface area (Å²) < 4.78 is 0. The van der Waals surface area contributed by atoms with Gasteiger partial charge in [-0.1, -0.05) is 48.6 Å². The van der Waals surface area contributed by atoms with Crippen LogP contribution < -0.4 is 5.73 Å². The number of primary amides is 1. The Morgan fingerprint density at radius 1 is 1.42 bits per heavy atom. The van der Waals surface area contributed by atoms with Gasteiger partial charge in [-0.05, 0) is 37.0 Å². The predicted molar refractivity (Wildman–Crippen MR) is 83.9 cm³/mol. The topological polar surface area (TPSA) is 43.1 Å². The second-order valence-electron chi connectivity index (χ2n) is 5.83. The van der Waals surface area contributed by atoms with Gasteiger partial charge < -0.3 is 5.73 Å². The van der Waals surface area contributed by atoms with Gasteiger partial charge in [-0.2, -0.15) is 0 Å². The van der Waals surface area contributed by atoms with Crippen LogP contribution in [0.2, 0.25) is 13.1 Å². The molecule has 0 bridgehead atoms. The molecule has 1 aromatic carbocycles. The summed E-state index contributed by atoms with van der Waals surface area (Å²) in [7, 11) is -0.660. The number of amides is 1. The molecule has 0 aliphatic heterocycles. The van der Waals surface area contributed by atoms with E-state index in [1.807, 2.05) is 19.1 Å². The van der Waals surface area contributed by atoms with E-state index in [1.165, 1.54) is 16.7 Å². The Morgan fingerprint density at radius 3 is 2.68 bits per heavy atom. The first kappa shape index (κ1) is 13.9. The molecule has 1 aliphatic rings. The Balaban J connectivity index is 2.67. The fraction of sp³-hybridized carbons (Fsp3) is 0.375. The maximum atomic E-state index is 12.0. The summed E-state index contributed by atoms with van der Waals surface area (Å²) in [6, 6.07) is 6.21. The van der Waals surface area contributed by atoms with E-state index in [1.54, 1.807) is 0 Å². The van der Waals surface area contributed by atoms with E-state index >= 15 is 0 Å². The molecule has 0 heterocycles. The van der Waals surface area contributed by atoms with Crippen LogP contribution in [0.4, 0.5) is 0 Å². The van der Waals surface area contributed by atoms with Gasteiger partial charge in [-0.3, -0.25) is 4.79 Å². The largest absolute Gasteiger partial charge is 0.369 e. The van der Waals surface area contributed by atoms with Crippen molar-refractivity contribution in [3.8, 4) is 0 Å². The maximum absolute atomic E-state index is 12.0. The highest BCUT2D eigenvalue weighted by molar-refractivity contribution is 6.65. The number of hydrogen-bond donors (Lipinski definition) is 1. The number of nitrogens with two attached hydrogens (primary N) is 1. The van der Waals surface area contributed by atoms with Crippen LogP contribution in [0.15, 0.2) is 23.8 Å². The van der Waals surface area contributed by atoms with Crippen LogP contribution in [-0.4, -0.2) is 20.0 Å². The fourth-order valence-corrected chi connectivity index (χ4v) is 4.30. The highest BCUT2D eigenvalue weighted by atomic mass is 28.2. The van der Waals surface area contributed by atoms with E-state index < -0.39 is 13.8 Å². The molecule has 0 fully saturated rings. The molecule has 2 rings (SSSR count). The van der Waals surface area contributed by atoms with Crippen molar-refractivity contribution >= 4 is 26.1 Å². The van der Waals surface area contributed by atoms with E-state index in [9.17, 15) is 4.79 Å². The van der Waals surface area contributed by atoms with Crippen molar-refractivity contribution in [1.82, 2.24) is 0 Å². The molecule has 0 saturated heterocycles. The predicted octanol–water partition coefficient (Wildman–Crippen LogP) is 2.53. The van der Waals surface area contributed by atoms with Crippen LogP contribution in [0.25, 0.3) is 6.08 Å². The third kappa shape index (κ3) is 2.47. The van der Waals surface area contributed by atoms with E-state index in [0.717, 1.165) is 12.0 Å². The van der Waals surface area contributed by atoms with Crippen molar-refractivity contribution < 1.29 is 4.79 Å². The molecule has 1 aliphatic carbocycles. The lowest BCUT2D eigenvalue weighted by molar-refractivity contribution is -0.120. The van der Waals surface area contributed by atoms with Gasteiger partial charge in [0.1, 0.15) is 0 Å². The van der Waals surface area contributed by atoms with E-state index in [4.69, 9.17) is 5.73 Å². The Kier molecular flexibility index (Phi) is 3.59. The van der Waals surface area contributed by atoms with Gasteiger partial charge in [0.05, 0.1) is 5.41 Å². The number of hydrogen-bond acceptors (Lipinski definition) is 1. The fourth-order valence-electron chi connectivity index (χ4n) is 2.85. The van der Waals surface area contributed by atoms with Gasteiger partial charge in [0.2, 0.25) is 5.91 Å². The SMILES string of the molecule is CC1=Cc2c(cccc2C(C)(C=[Si](C)C)C(N)=O)C1. The van der Waals surface area contributed by atoms with Crippen molar-refractivity contribution in [3.63, 3.8) is 0 Å². The van der Waals surface area contributed by atoms with E-state index in [-0.39, 0.29) is 5.91 Å². The summed E-state index contributed by atoms with van der Waals surface area (Å²) in [6.07, 6.45) is 3.17. The van der Waals surface area contributed by atoms with Gasteiger partial charge in [-0.15, -0.1) is 0 Å². The summed E-state index contributed by atoms with van der Waals surface area (Å²) in [4.78, 5) is 12.0. The normalized spacial score (nSPS) is 16.3. The monoisotopic (exact) mass is 271 g/mol. The molecule has 0 aromatic heterocycles. The molecule has 1 unspecified atom stereocenters. The lowest BCUT2D eigenvalue weighted by Crippen LogP contribution is -2.42. The van der Waals surface area contributed by atoms with Crippen LogP contribution >= 0.6 is 0 Å². The van der Waals surface area contributed by atoms with Crippen LogP contribution in [0, 0.1) is 0 Å². The minimum Gasteiger partial charge on any atom is -0.369 e. The molecule has 2 nitrogen and oxygen atoms in total. The number of allylic oxidation sites excluding steroid dienone is 1. The van der Waals surface area contributed by atoms with Crippen molar-refractivity contribution in [3.05, 3.63) is 40.5 Å². The lowest BCUT2D eigenvalue weighted by Gasteiger charge is -2.26. The zero-order chi connectivity index (χ0) is 14.2. The van der Waals surface area contributed by atoms with E-state index in [2.05, 4.69) is 37.8 Å². The van der Waals surface area contributed by atoms with Gasteiger partial charge in [0.25, 0.3) is 0 Å². The Labute approximate surface area is 116 Å². The summed E-state index contributed by atoms with van der Waals surface area (Å²) in [5.74, 6) is -0.259. The van der Waals surface area contributed by atoms with Crippen molar-refractivity contribution in [2.75, 3.05) is 0 Å². The van der Waals surface area contributed by atoms with Gasteiger partial charge in [0.15, 0.2) is 0 Å². The average molecular weight is 271 g/mol. The first-order valence-corrected chi connectivity index (χ1v) is 9.18. The zero-order valence-corrected chi connectivity index (χ0v) is 13.1. The molecule has 0 spiro atoms. The third-order valence-electron chi connectivity index (χ3n) is 3.71. The minimum absolute atomic E-state index is 0.259. The smallest absolute Gasteiger partial charge is 0.231 e. The van der Waals surface area contributed by atoms with Gasteiger partial charge >= 0.3 is 0 Å². The molecule has 2 N–H and O–H groups in total. The molecule has 0 saturated carbocycles. The molecular formula is C16H21NOSi. The van der Waals surface area contributed by atoms with Crippen LogP contribution in [0.5, 0.6) is 0 Å². The summed E-state index contributed by atoms with van der Waals surface area (Å²) in [6.45, 7) is 8.43. The van der Waals surface area contributed by atoms with Crippen molar-refractivity contribution in [2.45, 2.75) is 38.8 Å². The second-order valence-corrected chi connectivity index (χ2v) is 8.28. The Bertz CT molecular complexity index is 597. The first-order valence-electron chi connectivity index (χ1n) is 6.60. The van der Waals surface area contributed by atoms with Crippen LogP contribution in [0.3, 0.4) is 0 Å². The molecule has 19 heavy (non-hydrogen) atoms. The average Bonchev–Trinajstić information content (AvgIpc) is 2.67. The van der Waals surface area contributed by atoms with Crippen LogP contribution in [0.1, 0.15) is 30.5 Å². The van der Waals surface area contributed by atoms with Gasteiger partial charge in [-0.25, -0.2) is 0 Å². The number of carbonyl (C=O) groups excluding carboxylic acids is 1. The number of rotatable bonds is 3. The standard InChI is InChI=1S/C16H21NOSi/c1-11-8-12-6-5-7-14(13(12)9-11)16(2,15(17)18)10-19(3)4/h5-7,9-10H,8H2,1-4H3,(H2,17,18).